The van der Waals surface area contributed by atoms with Gasteiger partial charge in [0.1, 0.15) is 11.9 Å². The first-order chi connectivity index (χ1) is 19.8. The van der Waals surface area contributed by atoms with Gasteiger partial charge >= 0.3 is 5.97 Å². The lowest BCUT2D eigenvalue weighted by Crippen LogP contribution is -2.43. The number of fused-ring (bicyclic) bond motifs is 1. The van der Waals surface area contributed by atoms with Crippen LogP contribution in [-0.2, 0) is 17.8 Å². The van der Waals surface area contributed by atoms with Gasteiger partial charge in [0, 0.05) is 30.9 Å². The van der Waals surface area contributed by atoms with Crippen LogP contribution in [0.3, 0.4) is 0 Å². The SMILES string of the molecule is C[C@H](C(=O)O)[C@H](c1ccc2c(c1)OC(c1ccc(-c3ccnc(O)c3)c(CN3[C@H](C)CCC[C@@H]3C)c1)CC2)C1CC1. The van der Waals surface area contributed by atoms with Crippen molar-refractivity contribution in [1.82, 2.24) is 9.88 Å². The van der Waals surface area contributed by atoms with Gasteiger partial charge in [0.2, 0.25) is 5.88 Å². The van der Waals surface area contributed by atoms with Crippen LogP contribution in [0.1, 0.15) is 93.6 Å². The number of likely N-dealkylation sites (tertiary alicyclic amines) is 1. The summed E-state index contributed by atoms with van der Waals surface area (Å²) < 4.78 is 6.69. The van der Waals surface area contributed by atoms with Crippen molar-refractivity contribution >= 4 is 5.97 Å². The van der Waals surface area contributed by atoms with E-state index in [0.717, 1.165) is 60.2 Å². The van der Waals surface area contributed by atoms with E-state index in [1.807, 2.05) is 13.0 Å². The van der Waals surface area contributed by atoms with Crippen molar-refractivity contribution in [2.24, 2.45) is 11.8 Å². The first-order valence-corrected chi connectivity index (χ1v) is 15.3. The minimum absolute atomic E-state index is 0.0259. The third kappa shape index (κ3) is 5.85. The van der Waals surface area contributed by atoms with Gasteiger partial charge in [-0.25, -0.2) is 4.98 Å². The van der Waals surface area contributed by atoms with Gasteiger partial charge in [0.15, 0.2) is 0 Å². The maximum Gasteiger partial charge on any atom is 0.306 e. The molecule has 1 saturated carbocycles. The van der Waals surface area contributed by atoms with Crippen LogP contribution in [0.2, 0.25) is 0 Å². The Morgan fingerprint density at radius 2 is 1.80 bits per heavy atom. The van der Waals surface area contributed by atoms with E-state index in [-0.39, 0.29) is 17.9 Å². The molecule has 1 aromatic heterocycles. The van der Waals surface area contributed by atoms with Crippen molar-refractivity contribution in [3.8, 4) is 22.8 Å². The molecule has 1 aliphatic carbocycles. The summed E-state index contributed by atoms with van der Waals surface area (Å²) in [6.07, 6.45) is 9.31. The molecule has 1 saturated heterocycles. The number of carbonyl (C=O) groups is 1. The fourth-order valence-corrected chi connectivity index (χ4v) is 7.20. The molecule has 3 aliphatic rings. The molecule has 41 heavy (non-hydrogen) atoms. The number of piperidine rings is 1. The Hall–Kier alpha value is -3.38. The molecule has 2 aliphatic heterocycles. The van der Waals surface area contributed by atoms with Crippen molar-refractivity contribution in [3.63, 3.8) is 0 Å². The van der Waals surface area contributed by atoms with Crippen LogP contribution in [0, 0.1) is 11.8 Å². The Morgan fingerprint density at radius 1 is 1.02 bits per heavy atom. The number of hydrogen-bond donors (Lipinski definition) is 2. The molecule has 0 radical (unpaired) electrons. The highest BCUT2D eigenvalue weighted by Crippen LogP contribution is 2.48. The van der Waals surface area contributed by atoms with Crippen LogP contribution in [0.5, 0.6) is 11.6 Å². The summed E-state index contributed by atoms with van der Waals surface area (Å²) in [4.78, 5) is 18.5. The van der Waals surface area contributed by atoms with Gasteiger partial charge in [-0.3, -0.25) is 9.69 Å². The Morgan fingerprint density at radius 3 is 2.51 bits per heavy atom. The fourth-order valence-electron chi connectivity index (χ4n) is 7.20. The monoisotopic (exact) mass is 554 g/mol. The van der Waals surface area contributed by atoms with Crippen LogP contribution in [-0.4, -0.2) is 38.1 Å². The molecule has 3 aromatic rings. The molecular weight excluding hydrogens is 512 g/mol. The number of benzene rings is 2. The van der Waals surface area contributed by atoms with E-state index >= 15 is 0 Å². The lowest BCUT2D eigenvalue weighted by molar-refractivity contribution is -0.142. The Balaban J connectivity index is 1.31. The van der Waals surface area contributed by atoms with Gasteiger partial charge in [-0.2, -0.15) is 0 Å². The molecule has 2 fully saturated rings. The number of hydrogen-bond acceptors (Lipinski definition) is 5. The average Bonchev–Trinajstić information content (AvgIpc) is 3.80. The summed E-state index contributed by atoms with van der Waals surface area (Å²) in [7, 11) is 0. The lowest BCUT2D eigenvalue weighted by Gasteiger charge is -2.39. The second-order valence-corrected chi connectivity index (χ2v) is 12.6. The first-order valence-electron chi connectivity index (χ1n) is 15.3. The number of pyridine rings is 1. The number of aryl methyl sites for hydroxylation is 1. The van der Waals surface area contributed by atoms with Crippen molar-refractivity contribution in [1.29, 1.82) is 0 Å². The van der Waals surface area contributed by atoms with Gasteiger partial charge < -0.3 is 14.9 Å². The standard InChI is InChI=1S/C35H42N2O4/c1-21-5-4-6-22(2)37(21)20-29-17-27(11-13-30(29)26-15-16-36-33(38)19-26)31-14-12-24-7-10-28(18-32(24)41-31)34(25-8-9-25)23(3)35(39)40/h7,10-11,13,15-19,21-23,25,31,34H,4-6,8-9,12,14,20H2,1-3H3,(H,36,38)(H,39,40)/t21-,22+,23-,31?,34-/m0/s1. The summed E-state index contributed by atoms with van der Waals surface area (Å²) in [6.45, 7) is 7.34. The minimum Gasteiger partial charge on any atom is -0.493 e. The molecular formula is C35H42N2O4. The van der Waals surface area contributed by atoms with Gasteiger partial charge in [-0.05, 0) is 110 Å². The number of aliphatic carboxylic acids is 1. The van der Waals surface area contributed by atoms with Crippen LogP contribution in [0.4, 0.5) is 0 Å². The molecule has 6 heteroatoms. The van der Waals surface area contributed by atoms with Crippen LogP contribution in [0.15, 0.2) is 54.7 Å². The molecule has 3 heterocycles. The number of aromatic nitrogens is 1. The first kappa shape index (κ1) is 27.8. The van der Waals surface area contributed by atoms with E-state index in [4.69, 9.17) is 4.74 Å². The molecule has 0 spiro atoms. The van der Waals surface area contributed by atoms with Crippen molar-refractivity contribution in [2.45, 2.75) is 96.4 Å². The second-order valence-electron chi connectivity index (χ2n) is 12.6. The number of aromatic hydroxyl groups is 1. The quantitative estimate of drug-likeness (QED) is 0.300. The van der Waals surface area contributed by atoms with Crippen molar-refractivity contribution in [2.75, 3.05) is 0 Å². The number of carboxylic acids is 1. The number of carboxylic acid groups (broad SMARTS) is 1. The highest BCUT2D eigenvalue weighted by molar-refractivity contribution is 5.71. The number of rotatable bonds is 8. The summed E-state index contributed by atoms with van der Waals surface area (Å²) >= 11 is 0. The van der Waals surface area contributed by atoms with E-state index in [1.165, 1.54) is 30.4 Å². The molecule has 6 rings (SSSR count). The van der Waals surface area contributed by atoms with Crippen LogP contribution in [0.25, 0.3) is 11.1 Å². The largest absolute Gasteiger partial charge is 0.493 e. The van der Waals surface area contributed by atoms with Crippen molar-refractivity contribution < 1.29 is 19.7 Å². The molecule has 6 nitrogen and oxygen atoms in total. The molecule has 2 N–H and O–H groups in total. The zero-order chi connectivity index (χ0) is 28.7. The minimum atomic E-state index is -0.731. The van der Waals surface area contributed by atoms with E-state index in [2.05, 4.69) is 60.1 Å². The predicted molar refractivity (Wildman–Crippen MR) is 160 cm³/mol. The Bertz CT molecular complexity index is 1410. The topological polar surface area (TPSA) is 82.9 Å². The molecule has 1 unspecified atom stereocenters. The maximum atomic E-state index is 11.9. The molecule has 2 aromatic carbocycles. The average molecular weight is 555 g/mol. The zero-order valence-electron chi connectivity index (χ0n) is 24.4. The van der Waals surface area contributed by atoms with Crippen LogP contribution >= 0.6 is 0 Å². The number of ether oxygens (including phenoxy) is 1. The Kier molecular flexibility index (Phi) is 7.78. The predicted octanol–water partition coefficient (Wildman–Crippen LogP) is 7.50. The third-order valence-electron chi connectivity index (χ3n) is 9.77. The van der Waals surface area contributed by atoms with Crippen LogP contribution < -0.4 is 4.74 Å². The normalized spacial score (nSPS) is 24.2. The van der Waals surface area contributed by atoms with Gasteiger partial charge in [0.05, 0.1) is 5.92 Å². The number of nitrogens with zero attached hydrogens (tertiary/aromatic N) is 2. The molecule has 0 amide bonds. The molecule has 216 valence electrons. The van der Waals surface area contributed by atoms with Crippen molar-refractivity contribution in [3.05, 3.63) is 77.0 Å². The smallest absolute Gasteiger partial charge is 0.306 e. The highest BCUT2D eigenvalue weighted by atomic mass is 16.5. The van der Waals surface area contributed by atoms with E-state index in [9.17, 15) is 15.0 Å². The molecule has 5 atom stereocenters. The Labute approximate surface area is 243 Å². The summed E-state index contributed by atoms with van der Waals surface area (Å²) in [5.74, 6) is 0.249. The third-order valence-corrected chi connectivity index (χ3v) is 9.77. The fraction of sp³-hybridized carbons (Fsp3) is 0.486. The zero-order valence-corrected chi connectivity index (χ0v) is 24.4. The van der Waals surface area contributed by atoms with Gasteiger partial charge in [0.25, 0.3) is 0 Å². The van der Waals surface area contributed by atoms with E-state index < -0.39 is 11.9 Å². The summed E-state index contributed by atoms with van der Waals surface area (Å²) in [5.41, 5.74) is 6.76. The maximum absolute atomic E-state index is 11.9. The van der Waals surface area contributed by atoms with E-state index in [1.54, 1.807) is 12.3 Å². The second kappa shape index (κ2) is 11.5. The van der Waals surface area contributed by atoms with Gasteiger partial charge in [-0.1, -0.05) is 43.7 Å². The van der Waals surface area contributed by atoms with Gasteiger partial charge in [-0.15, -0.1) is 0 Å². The highest BCUT2D eigenvalue weighted by Gasteiger charge is 2.39. The summed E-state index contributed by atoms with van der Waals surface area (Å²) in [6, 6.07) is 17.8. The molecule has 0 bridgehead atoms. The summed E-state index contributed by atoms with van der Waals surface area (Å²) in [5, 5.41) is 19.9. The lowest BCUT2D eigenvalue weighted by atomic mass is 9.82. The van der Waals surface area contributed by atoms with E-state index in [0.29, 0.717) is 18.0 Å².